The summed E-state index contributed by atoms with van der Waals surface area (Å²) in [6.45, 7) is 7.13. The third-order valence-corrected chi connectivity index (χ3v) is 7.11. The highest BCUT2D eigenvalue weighted by molar-refractivity contribution is 8.26. The third-order valence-electron chi connectivity index (χ3n) is 5.73. The van der Waals surface area contributed by atoms with Gasteiger partial charge in [-0.25, -0.2) is 0 Å². The Balaban J connectivity index is 1.81. The van der Waals surface area contributed by atoms with Crippen molar-refractivity contribution < 1.29 is 13.9 Å². The van der Waals surface area contributed by atoms with Gasteiger partial charge in [-0.2, -0.15) is 5.26 Å². The largest absolute Gasteiger partial charge is 0.467 e. The van der Waals surface area contributed by atoms with Gasteiger partial charge in [0.15, 0.2) is 0 Å². The number of hydrogen-bond acceptors (Lipinski definition) is 8. The van der Waals surface area contributed by atoms with E-state index >= 15 is 0 Å². The first kappa shape index (κ1) is 23.3. The molecule has 2 aliphatic heterocycles. The number of thiocarbonyl (C=S) groups is 1. The van der Waals surface area contributed by atoms with Crippen LogP contribution in [0.15, 0.2) is 32.5 Å². The Morgan fingerprint density at radius 3 is 2.61 bits per heavy atom. The molecule has 2 aromatic rings. The van der Waals surface area contributed by atoms with Gasteiger partial charge in [-0.05, 0) is 44.5 Å². The molecule has 0 aromatic carbocycles. The van der Waals surface area contributed by atoms with Gasteiger partial charge in [-0.3, -0.25) is 19.1 Å². The maximum atomic E-state index is 13.2. The van der Waals surface area contributed by atoms with Crippen LogP contribution in [0.2, 0.25) is 0 Å². The molecule has 8 nitrogen and oxygen atoms in total. The molecule has 2 aromatic heterocycles. The predicted molar refractivity (Wildman–Crippen MR) is 131 cm³/mol. The third kappa shape index (κ3) is 4.36. The highest BCUT2D eigenvalue weighted by Crippen LogP contribution is 2.37. The van der Waals surface area contributed by atoms with E-state index in [-0.39, 0.29) is 35.8 Å². The minimum Gasteiger partial charge on any atom is -0.467 e. The molecule has 0 N–H and O–H groups in total. The molecule has 0 bridgehead atoms. The van der Waals surface area contributed by atoms with E-state index in [4.69, 9.17) is 21.4 Å². The molecule has 10 heteroatoms. The van der Waals surface area contributed by atoms with Crippen molar-refractivity contribution in [3.05, 3.63) is 56.1 Å². The first-order valence-electron chi connectivity index (χ1n) is 10.5. The lowest BCUT2D eigenvalue weighted by molar-refractivity contribution is -0.122. The van der Waals surface area contributed by atoms with Crippen molar-refractivity contribution in [1.82, 2.24) is 9.47 Å². The van der Waals surface area contributed by atoms with Crippen LogP contribution in [0.5, 0.6) is 0 Å². The van der Waals surface area contributed by atoms with Crippen LogP contribution < -0.4 is 10.5 Å². The smallest absolute Gasteiger partial charge is 0.270 e. The number of nitrogens with zero attached hydrogens (tertiary/aromatic N) is 4. The van der Waals surface area contributed by atoms with Crippen LogP contribution in [0.4, 0.5) is 5.82 Å². The SMILES string of the molecule is Cc1c(C=C2SC(=S)N(Cc3ccco3)C2=O)c(N2CC(C)OC(C)C2)n(C)c(=O)c1C#N. The molecule has 0 radical (unpaired) electrons. The number of rotatable bonds is 4. The number of pyridine rings is 1. The normalized spacial score (nSPS) is 22.3. The zero-order valence-electron chi connectivity index (χ0n) is 18.8. The number of amides is 1. The summed E-state index contributed by atoms with van der Waals surface area (Å²) >= 11 is 6.65. The van der Waals surface area contributed by atoms with Crippen molar-refractivity contribution in [2.24, 2.45) is 7.05 Å². The highest BCUT2D eigenvalue weighted by atomic mass is 32.2. The Bertz CT molecular complexity index is 1230. The van der Waals surface area contributed by atoms with Gasteiger partial charge in [0, 0.05) is 25.7 Å². The number of hydrogen-bond donors (Lipinski definition) is 0. The summed E-state index contributed by atoms with van der Waals surface area (Å²) in [6, 6.07) is 5.58. The van der Waals surface area contributed by atoms with E-state index < -0.39 is 0 Å². The maximum Gasteiger partial charge on any atom is 0.270 e. The lowest BCUT2D eigenvalue weighted by Crippen LogP contribution is -2.47. The van der Waals surface area contributed by atoms with Crippen molar-refractivity contribution >= 4 is 46.1 Å². The highest BCUT2D eigenvalue weighted by Gasteiger charge is 2.34. The molecule has 2 fully saturated rings. The van der Waals surface area contributed by atoms with Crippen LogP contribution in [0.25, 0.3) is 6.08 Å². The molecule has 2 unspecified atom stereocenters. The Morgan fingerprint density at radius 2 is 2.00 bits per heavy atom. The molecule has 2 atom stereocenters. The topological polar surface area (TPSA) is 91.7 Å². The number of anilines is 1. The number of thioether (sulfide) groups is 1. The quantitative estimate of drug-likeness (QED) is 0.483. The zero-order valence-corrected chi connectivity index (χ0v) is 20.5. The fraction of sp³-hybridized carbons (Fsp3) is 0.391. The monoisotopic (exact) mass is 484 g/mol. The molecule has 172 valence electrons. The van der Waals surface area contributed by atoms with E-state index in [2.05, 4.69) is 4.90 Å². The fourth-order valence-electron chi connectivity index (χ4n) is 4.27. The van der Waals surface area contributed by atoms with Gasteiger partial charge in [-0.15, -0.1) is 0 Å². The number of nitriles is 1. The second kappa shape index (κ2) is 9.17. The van der Waals surface area contributed by atoms with E-state index in [0.29, 0.717) is 45.0 Å². The summed E-state index contributed by atoms with van der Waals surface area (Å²) in [5, 5.41) is 9.64. The minimum absolute atomic E-state index is 0.0286. The Morgan fingerprint density at radius 1 is 1.30 bits per heavy atom. The summed E-state index contributed by atoms with van der Waals surface area (Å²) in [4.78, 5) is 30.1. The number of carbonyl (C=O) groups excluding carboxylic acids is 1. The second-order valence-electron chi connectivity index (χ2n) is 8.22. The van der Waals surface area contributed by atoms with E-state index in [1.807, 2.05) is 19.9 Å². The molecule has 4 rings (SSSR count). The Hall–Kier alpha value is -2.87. The summed E-state index contributed by atoms with van der Waals surface area (Å²) in [5.41, 5.74) is 0.902. The number of carbonyl (C=O) groups is 1. The second-order valence-corrected chi connectivity index (χ2v) is 9.90. The molecule has 0 saturated carbocycles. The number of morpholine rings is 1. The van der Waals surface area contributed by atoms with E-state index in [0.717, 1.165) is 0 Å². The lowest BCUT2D eigenvalue weighted by atomic mass is 10.0. The van der Waals surface area contributed by atoms with Crippen LogP contribution in [-0.4, -0.2) is 45.0 Å². The maximum absolute atomic E-state index is 13.2. The Kier molecular flexibility index (Phi) is 6.47. The molecule has 2 saturated heterocycles. The van der Waals surface area contributed by atoms with Crippen molar-refractivity contribution in [2.75, 3.05) is 18.0 Å². The van der Waals surface area contributed by atoms with Crippen LogP contribution in [0, 0.1) is 18.3 Å². The first-order chi connectivity index (χ1) is 15.7. The molecule has 1 amide bonds. The van der Waals surface area contributed by atoms with Gasteiger partial charge >= 0.3 is 0 Å². The van der Waals surface area contributed by atoms with Crippen LogP contribution in [0.3, 0.4) is 0 Å². The Labute approximate surface area is 201 Å². The fourth-order valence-corrected chi connectivity index (χ4v) is 5.51. The van der Waals surface area contributed by atoms with Crippen molar-refractivity contribution in [3.63, 3.8) is 0 Å². The average molecular weight is 485 g/mol. The van der Waals surface area contributed by atoms with Gasteiger partial charge in [0.1, 0.15) is 27.5 Å². The summed E-state index contributed by atoms with van der Waals surface area (Å²) in [6.07, 6.45) is 3.24. The van der Waals surface area contributed by atoms with Crippen LogP contribution >= 0.6 is 24.0 Å². The van der Waals surface area contributed by atoms with E-state index in [9.17, 15) is 14.9 Å². The average Bonchev–Trinajstić information content (AvgIpc) is 3.36. The number of ether oxygens (including phenoxy) is 1. The van der Waals surface area contributed by atoms with E-state index in [1.165, 1.54) is 21.2 Å². The summed E-state index contributed by atoms with van der Waals surface area (Å²) < 4.78 is 13.2. The molecule has 2 aliphatic rings. The van der Waals surface area contributed by atoms with Gasteiger partial charge in [-0.1, -0.05) is 24.0 Å². The first-order valence-corrected chi connectivity index (χ1v) is 11.8. The summed E-state index contributed by atoms with van der Waals surface area (Å²) in [5.74, 6) is 1.06. The van der Waals surface area contributed by atoms with Crippen molar-refractivity contribution in [3.8, 4) is 6.07 Å². The molecule has 4 heterocycles. The molecular weight excluding hydrogens is 460 g/mol. The van der Waals surface area contributed by atoms with Gasteiger partial charge in [0.2, 0.25) is 0 Å². The van der Waals surface area contributed by atoms with Gasteiger partial charge < -0.3 is 14.1 Å². The molecule has 0 aliphatic carbocycles. The van der Waals surface area contributed by atoms with Gasteiger partial charge in [0.25, 0.3) is 11.5 Å². The van der Waals surface area contributed by atoms with Crippen LogP contribution in [-0.2, 0) is 23.1 Å². The van der Waals surface area contributed by atoms with Crippen molar-refractivity contribution in [2.45, 2.75) is 39.5 Å². The number of furan rings is 1. The van der Waals surface area contributed by atoms with Gasteiger partial charge in [0.05, 0.1) is 29.9 Å². The molecule has 0 spiro atoms. The van der Waals surface area contributed by atoms with E-state index in [1.54, 1.807) is 38.4 Å². The lowest BCUT2D eigenvalue weighted by Gasteiger charge is -2.38. The van der Waals surface area contributed by atoms with Crippen molar-refractivity contribution in [1.29, 1.82) is 5.26 Å². The molecule has 33 heavy (non-hydrogen) atoms. The standard InChI is InChI=1S/C23H24N4O4S2/c1-13-10-26(11-14(2)31-13)20-17(15(3)18(9-24)21(28)25(20)4)8-19-22(29)27(23(32)33-19)12-16-6-5-7-30-16/h5-8,13-14H,10-12H2,1-4H3. The molecular formula is C23H24N4O4S2. The van der Waals surface area contributed by atoms with Crippen LogP contribution in [0.1, 0.15) is 36.3 Å². The summed E-state index contributed by atoms with van der Waals surface area (Å²) in [7, 11) is 1.65. The zero-order chi connectivity index (χ0) is 23.9. The predicted octanol–water partition coefficient (Wildman–Crippen LogP) is 3.17. The number of aromatic nitrogens is 1. The minimum atomic E-state index is -0.362.